The molecular formula is C15H28N2O2. The molecule has 0 unspecified atom stereocenters. The van der Waals surface area contributed by atoms with Gasteiger partial charge in [0, 0.05) is 13.2 Å². The summed E-state index contributed by atoms with van der Waals surface area (Å²) in [5.41, 5.74) is 0.0695. The summed E-state index contributed by atoms with van der Waals surface area (Å²) in [6.07, 6.45) is 7.10. The van der Waals surface area contributed by atoms with Crippen LogP contribution in [0, 0.1) is 10.8 Å². The molecule has 0 aromatic heterocycles. The van der Waals surface area contributed by atoms with Gasteiger partial charge in [-0.1, -0.05) is 13.3 Å². The summed E-state index contributed by atoms with van der Waals surface area (Å²) in [5, 5.41) is 15.6. The lowest BCUT2D eigenvalue weighted by molar-refractivity contribution is -0.133. The maximum atomic E-state index is 12.6. The molecule has 0 aromatic rings. The third kappa shape index (κ3) is 3.48. The van der Waals surface area contributed by atoms with Crippen LogP contribution in [-0.4, -0.2) is 37.3 Å². The van der Waals surface area contributed by atoms with E-state index in [-0.39, 0.29) is 23.3 Å². The number of aliphatic hydroxyl groups is 1. The minimum Gasteiger partial charge on any atom is -0.396 e. The summed E-state index contributed by atoms with van der Waals surface area (Å²) in [5.74, 6) is 0.250. The SMILES string of the molecule is CCCC1(C(=O)NCC2(CCO)CC2)CCNCC1. The van der Waals surface area contributed by atoms with Gasteiger partial charge in [-0.3, -0.25) is 4.79 Å². The van der Waals surface area contributed by atoms with Crippen LogP contribution in [0.3, 0.4) is 0 Å². The highest BCUT2D eigenvalue weighted by Gasteiger charge is 2.44. The molecule has 0 atom stereocenters. The van der Waals surface area contributed by atoms with Gasteiger partial charge >= 0.3 is 0 Å². The van der Waals surface area contributed by atoms with Gasteiger partial charge in [-0.2, -0.15) is 0 Å². The molecule has 1 amide bonds. The molecule has 1 aliphatic heterocycles. The molecular weight excluding hydrogens is 240 g/mol. The van der Waals surface area contributed by atoms with E-state index in [1.54, 1.807) is 0 Å². The fraction of sp³-hybridized carbons (Fsp3) is 0.933. The second-order valence-corrected chi connectivity index (χ2v) is 6.44. The summed E-state index contributed by atoms with van der Waals surface area (Å²) in [6.45, 7) is 5.06. The third-order valence-corrected chi connectivity index (χ3v) is 4.99. The van der Waals surface area contributed by atoms with Crippen LogP contribution in [0.1, 0.15) is 51.9 Å². The molecule has 19 heavy (non-hydrogen) atoms. The largest absolute Gasteiger partial charge is 0.396 e. The summed E-state index contributed by atoms with van der Waals surface area (Å²) in [6, 6.07) is 0. The summed E-state index contributed by atoms with van der Waals surface area (Å²) in [4.78, 5) is 12.6. The van der Waals surface area contributed by atoms with Crippen LogP contribution in [0.2, 0.25) is 0 Å². The fourth-order valence-electron chi connectivity index (χ4n) is 3.36. The second-order valence-electron chi connectivity index (χ2n) is 6.44. The van der Waals surface area contributed by atoms with E-state index in [0.717, 1.165) is 64.6 Å². The number of rotatable bonds is 7. The fourth-order valence-corrected chi connectivity index (χ4v) is 3.36. The zero-order valence-corrected chi connectivity index (χ0v) is 12.1. The Balaban J connectivity index is 1.89. The van der Waals surface area contributed by atoms with Crippen LogP contribution in [0.5, 0.6) is 0 Å². The Hall–Kier alpha value is -0.610. The van der Waals surface area contributed by atoms with Gasteiger partial charge in [0.15, 0.2) is 0 Å². The topological polar surface area (TPSA) is 61.4 Å². The lowest BCUT2D eigenvalue weighted by Gasteiger charge is -2.36. The monoisotopic (exact) mass is 268 g/mol. The van der Waals surface area contributed by atoms with Crippen LogP contribution < -0.4 is 10.6 Å². The van der Waals surface area contributed by atoms with Crippen LogP contribution >= 0.6 is 0 Å². The molecule has 4 heteroatoms. The number of amides is 1. The van der Waals surface area contributed by atoms with Crippen molar-refractivity contribution in [3.63, 3.8) is 0 Å². The van der Waals surface area contributed by atoms with Gasteiger partial charge in [0.05, 0.1) is 5.41 Å². The van der Waals surface area contributed by atoms with E-state index in [1.165, 1.54) is 0 Å². The van der Waals surface area contributed by atoms with E-state index >= 15 is 0 Å². The van der Waals surface area contributed by atoms with Gasteiger partial charge in [-0.15, -0.1) is 0 Å². The number of carbonyl (C=O) groups excluding carboxylic acids is 1. The molecule has 0 spiro atoms. The Morgan fingerprint density at radius 1 is 1.21 bits per heavy atom. The standard InChI is InChI=1S/C15H28N2O2/c1-2-3-15(6-9-16-10-7-15)13(19)17-12-14(4-5-14)8-11-18/h16,18H,2-12H2,1H3,(H,17,19). The molecule has 0 aromatic carbocycles. The van der Waals surface area contributed by atoms with Crippen molar-refractivity contribution in [1.82, 2.24) is 10.6 Å². The Labute approximate surface area is 116 Å². The average molecular weight is 268 g/mol. The normalized spacial score (nSPS) is 23.9. The van der Waals surface area contributed by atoms with Crippen molar-refractivity contribution >= 4 is 5.91 Å². The number of aliphatic hydroxyl groups excluding tert-OH is 1. The number of hydrogen-bond donors (Lipinski definition) is 3. The van der Waals surface area contributed by atoms with Gasteiger partial charge < -0.3 is 15.7 Å². The smallest absolute Gasteiger partial charge is 0.226 e. The number of piperidine rings is 1. The minimum absolute atomic E-state index is 0.144. The lowest BCUT2D eigenvalue weighted by atomic mass is 9.74. The molecule has 0 bridgehead atoms. The van der Waals surface area contributed by atoms with Crippen molar-refractivity contribution in [3.8, 4) is 0 Å². The molecule has 1 heterocycles. The second kappa shape index (κ2) is 6.23. The molecule has 2 rings (SSSR count). The van der Waals surface area contributed by atoms with Crippen LogP contribution in [0.15, 0.2) is 0 Å². The molecule has 110 valence electrons. The predicted octanol–water partition coefficient (Wildman–Crippen LogP) is 1.44. The van der Waals surface area contributed by atoms with E-state index in [9.17, 15) is 4.79 Å². The van der Waals surface area contributed by atoms with Crippen LogP contribution in [0.25, 0.3) is 0 Å². The van der Waals surface area contributed by atoms with E-state index in [1.807, 2.05) is 0 Å². The van der Waals surface area contributed by atoms with Crippen LogP contribution in [0.4, 0.5) is 0 Å². The van der Waals surface area contributed by atoms with Crippen molar-refractivity contribution in [2.45, 2.75) is 51.9 Å². The van der Waals surface area contributed by atoms with Crippen molar-refractivity contribution in [2.24, 2.45) is 10.8 Å². The average Bonchev–Trinajstić information content (AvgIpc) is 3.18. The number of hydrogen-bond acceptors (Lipinski definition) is 3. The zero-order chi connectivity index (χ0) is 13.8. The van der Waals surface area contributed by atoms with E-state index < -0.39 is 0 Å². The Morgan fingerprint density at radius 3 is 2.42 bits per heavy atom. The first-order chi connectivity index (χ1) is 9.16. The lowest BCUT2D eigenvalue weighted by Crippen LogP contribution is -2.48. The quantitative estimate of drug-likeness (QED) is 0.654. The molecule has 3 N–H and O–H groups in total. The maximum Gasteiger partial charge on any atom is 0.226 e. The maximum absolute atomic E-state index is 12.6. The highest BCUT2D eigenvalue weighted by molar-refractivity contribution is 5.82. The van der Waals surface area contributed by atoms with Gasteiger partial charge in [-0.25, -0.2) is 0 Å². The highest BCUT2D eigenvalue weighted by Crippen LogP contribution is 2.48. The van der Waals surface area contributed by atoms with E-state index in [4.69, 9.17) is 5.11 Å². The van der Waals surface area contributed by atoms with Crippen LogP contribution in [-0.2, 0) is 4.79 Å². The molecule has 2 fully saturated rings. The molecule has 0 radical (unpaired) electrons. The zero-order valence-electron chi connectivity index (χ0n) is 12.1. The first-order valence-electron chi connectivity index (χ1n) is 7.76. The Kier molecular flexibility index (Phi) is 4.85. The summed E-state index contributed by atoms with van der Waals surface area (Å²) in [7, 11) is 0. The number of nitrogens with one attached hydrogen (secondary N) is 2. The molecule has 1 saturated heterocycles. The Morgan fingerprint density at radius 2 is 1.89 bits per heavy atom. The number of carbonyl (C=O) groups is 1. The van der Waals surface area contributed by atoms with Gasteiger partial charge in [0.25, 0.3) is 0 Å². The van der Waals surface area contributed by atoms with Gasteiger partial charge in [0.2, 0.25) is 5.91 Å². The molecule has 4 nitrogen and oxygen atoms in total. The third-order valence-electron chi connectivity index (χ3n) is 4.99. The minimum atomic E-state index is -0.144. The first kappa shape index (κ1) is 14.8. The summed E-state index contributed by atoms with van der Waals surface area (Å²) < 4.78 is 0. The highest BCUT2D eigenvalue weighted by atomic mass is 16.3. The molecule has 2 aliphatic rings. The van der Waals surface area contributed by atoms with Crippen molar-refractivity contribution in [3.05, 3.63) is 0 Å². The van der Waals surface area contributed by atoms with E-state index in [2.05, 4.69) is 17.6 Å². The predicted molar refractivity (Wildman–Crippen MR) is 75.8 cm³/mol. The molecule has 1 saturated carbocycles. The van der Waals surface area contributed by atoms with Crippen molar-refractivity contribution in [1.29, 1.82) is 0 Å². The van der Waals surface area contributed by atoms with Crippen molar-refractivity contribution < 1.29 is 9.90 Å². The van der Waals surface area contributed by atoms with Crippen molar-refractivity contribution in [2.75, 3.05) is 26.2 Å². The first-order valence-corrected chi connectivity index (χ1v) is 7.76. The Bertz CT molecular complexity index is 302. The van der Waals surface area contributed by atoms with E-state index in [0.29, 0.717) is 0 Å². The van der Waals surface area contributed by atoms with Gasteiger partial charge in [0.1, 0.15) is 0 Å². The molecule has 1 aliphatic carbocycles. The summed E-state index contributed by atoms with van der Waals surface area (Å²) >= 11 is 0. The van der Waals surface area contributed by atoms with Gasteiger partial charge in [-0.05, 0) is 57.0 Å².